The van der Waals surface area contributed by atoms with Crippen molar-refractivity contribution in [1.29, 1.82) is 0 Å². The quantitative estimate of drug-likeness (QED) is 0.402. The Morgan fingerprint density at radius 1 is 0.571 bits per heavy atom. The Balaban J connectivity index is 0. The van der Waals surface area contributed by atoms with Gasteiger partial charge in [-0.05, 0) is 0 Å². The van der Waals surface area contributed by atoms with E-state index < -0.39 is 0 Å². The maximum Gasteiger partial charge on any atom is 0 e. The second-order valence-corrected chi connectivity index (χ2v) is 0. The normalized spacial score (nSPS) is 0. The summed E-state index contributed by atoms with van der Waals surface area (Å²) in [6.07, 6.45) is 0. The van der Waals surface area contributed by atoms with Crippen LogP contribution in [0.25, 0.3) is 0 Å². The Kier molecular flexibility index (Phi) is 4580. The average Bonchev–Trinajstić information content (AvgIpc) is 0. The summed E-state index contributed by atoms with van der Waals surface area (Å²) in [5.41, 5.74) is 0. The summed E-state index contributed by atoms with van der Waals surface area (Å²) in [4.78, 5) is 0. The van der Waals surface area contributed by atoms with Gasteiger partial charge in [-0.1, -0.05) is 0 Å². The predicted molar refractivity (Wildman–Crippen MR) is 14.5 cm³/mol. The van der Waals surface area contributed by atoms with Gasteiger partial charge in [-0.25, -0.2) is 0 Å². The minimum Gasteiger partial charge on any atom is -0.412 e. The van der Waals surface area contributed by atoms with Gasteiger partial charge in [-0.2, -0.15) is 0 Å². The first-order valence-electron chi connectivity index (χ1n) is 0. The van der Waals surface area contributed by atoms with Crippen molar-refractivity contribution in [3.8, 4) is 0 Å². The summed E-state index contributed by atoms with van der Waals surface area (Å²) in [7, 11) is 0. The third-order valence-electron chi connectivity index (χ3n) is 0. The third-order valence-corrected chi connectivity index (χ3v) is 0. The van der Waals surface area contributed by atoms with Crippen LogP contribution in [0.2, 0.25) is 0 Å². The molecule has 0 unspecified atom stereocenters. The van der Waals surface area contributed by atoms with Crippen LogP contribution in [0.15, 0.2) is 0 Å². The predicted octanol–water partition coefficient (Wildman–Crippen LogP) is -3.31. The van der Waals surface area contributed by atoms with E-state index in [1.165, 1.54) is 0 Å². The summed E-state index contributed by atoms with van der Waals surface area (Å²) in [6.45, 7) is 0. The summed E-state index contributed by atoms with van der Waals surface area (Å²) in [5, 5.41) is 0. The maximum atomic E-state index is 0. The molecule has 0 aliphatic heterocycles. The van der Waals surface area contributed by atoms with Crippen LogP contribution in [0.1, 0.15) is 0 Å². The van der Waals surface area contributed by atoms with Gasteiger partial charge in [0.25, 0.3) is 0 Å². The van der Waals surface area contributed by atoms with Gasteiger partial charge >= 0.3 is 0 Å². The van der Waals surface area contributed by atoms with E-state index in [9.17, 15) is 0 Å². The minimum absolute atomic E-state index is 0. The van der Waals surface area contributed by atoms with Crippen LogP contribution in [-0.4, -0.2) is 21.9 Å². The minimum atomic E-state index is 0. The molecule has 0 aromatic heterocycles. The van der Waals surface area contributed by atoms with Gasteiger partial charge in [0.2, 0.25) is 0 Å². The van der Waals surface area contributed by atoms with E-state index in [2.05, 4.69) is 0 Å². The first-order valence-corrected chi connectivity index (χ1v) is 0. The smallest absolute Gasteiger partial charge is 0 e. The molecule has 0 spiro atoms. The molecule has 0 fully saturated rings. The topological polar surface area (TPSA) is 126 Å². The van der Waals surface area contributed by atoms with Gasteiger partial charge in [0.15, 0.2) is 0 Å². The zero-order valence-corrected chi connectivity index (χ0v) is 8.35. The van der Waals surface area contributed by atoms with Gasteiger partial charge < -0.3 is 21.9 Å². The van der Waals surface area contributed by atoms with Gasteiger partial charge in [0.05, 0.1) is 0 Å². The van der Waals surface area contributed by atoms with Gasteiger partial charge in [-0.3, -0.25) is 0 Å². The van der Waals surface area contributed by atoms with Crippen molar-refractivity contribution in [2.45, 2.75) is 0 Å². The van der Waals surface area contributed by atoms with Crippen LogP contribution in [0.4, 0.5) is 0 Å². The van der Waals surface area contributed by atoms with Crippen LogP contribution in [0, 0.1) is 0 Å². The molecular weight excluding hydrogens is 247 g/mol. The van der Waals surface area contributed by atoms with E-state index in [-0.39, 0.29) is 74.7 Å². The van der Waals surface area contributed by atoms with E-state index in [0.717, 1.165) is 0 Å². The fraction of sp³-hybridized carbons (Fsp3) is 0. The first-order chi connectivity index (χ1) is 0. The molecule has 0 aliphatic carbocycles. The Morgan fingerprint density at radius 2 is 0.571 bits per heavy atom. The molecule has 0 heterocycles. The average molecular weight is 255 g/mol. The number of hydrogen-bond acceptors (Lipinski definition) is 0. The molecule has 0 saturated heterocycles. The van der Waals surface area contributed by atoms with Gasteiger partial charge in [-0.15, -0.1) is 0 Å². The molecule has 0 aromatic rings. The molecule has 0 amide bonds. The van der Waals surface area contributed by atoms with Gasteiger partial charge in [0.1, 0.15) is 0 Å². The number of rotatable bonds is 0. The van der Waals surface area contributed by atoms with Crippen molar-refractivity contribution >= 4 is 0 Å². The fourth-order valence-corrected chi connectivity index (χ4v) is 0. The monoisotopic (exact) mass is 253 g/mol. The first kappa shape index (κ1) is 220. The molecule has 53 valence electrons. The van der Waals surface area contributed by atoms with E-state index in [1.54, 1.807) is 0 Å². The van der Waals surface area contributed by atoms with Crippen LogP contribution in [0.5, 0.6) is 0 Å². The van der Waals surface area contributed by atoms with E-state index in [4.69, 9.17) is 0 Å². The Hall–Kier alpha value is 1.46. The summed E-state index contributed by atoms with van der Waals surface area (Å²) in [6, 6.07) is 0. The van der Waals surface area contributed by atoms with Crippen LogP contribution >= 0.6 is 0 Å². The van der Waals surface area contributed by atoms with Crippen molar-refractivity contribution in [3.05, 3.63) is 0 Å². The second kappa shape index (κ2) is 146. The second-order valence-electron chi connectivity index (χ2n) is 0. The Morgan fingerprint density at radius 3 is 0.571 bits per heavy atom. The molecule has 4 nitrogen and oxygen atoms in total. The standard InChI is InChI=1S/Co.Ni.4H2O.Zn/h;;4*1H2;. The van der Waals surface area contributed by atoms with Crippen LogP contribution in [0.3, 0.4) is 0 Å². The molecule has 8 N–H and O–H groups in total. The van der Waals surface area contributed by atoms with Crippen molar-refractivity contribution in [2.24, 2.45) is 0 Å². The van der Waals surface area contributed by atoms with E-state index in [0.29, 0.717) is 0 Å². The molecule has 0 aliphatic rings. The van der Waals surface area contributed by atoms with Crippen LogP contribution < -0.4 is 0 Å². The molecule has 1 radical (unpaired) electrons. The SMILES string of the molecule is O.O.O.O.[Co].[Ni].[Zn]. The maximum absolute atomic E-state index is 0. The molecule has 0 aromatic carbocycles. The molecule has 0 bridgehead atoms. The molecule has 0 atom stereocenters. The molecular formula is H8CoNiO4Zn. The number of hydrogen-bond donors (Lipinski definition) is 0. The molecule has 7 heavy (non-hydrogen) atoms. The van der Waals surface area contributed by atoms with Crippen molar-refractivity contribution in [1.82, 2.24) is 0 Å². The van der Waals surface area contributed by atoms with Crippen molar-refractivity contribution < 1.29 is 74.7 Å². The van der Waals surface area contributed by atoms with Crippen molar-refractivity contribution in [3.63, 3.8) is 0 Å². The summed E-state index contributed by atoms with van der Waals surface area (Å²) < 4.78 is 0. The molecule has 0 saturated carbocycles. The molecule has 7 heteroatoms. The van der Waals surface area contributed by atoms with E-state index >= 15 is 0 Å². The summed E-state index contributed by atoms with van der Waals surface area (Å²) in [5.74, 6) is 0. The molecule has 0 rings (SSSR count). The van der Waals surface area contributed by atoms with Crippen LogP contribution in [-0.2, 0) is 52.7 Å². The third kappa shape index (κ3) is 104. The Labute approximate surface area is 74.5 Å². The Bertz CT molecular complexity index is 11.7. The van der Waals surface area contributed by atoms with E-state index in [1.807, 2.05) is 0 Å². The summed E-state index contributed by atoms with van der Waals surface area (Å²) >= 11 is 0. The van der Waals surface area contributed by atoms with Crippen molar-refractivity contribution in [2.75, 3.05) is 0 Å². The fourth-order valence-electron chi connectivity index (χ4n) is 0. The zero-order chi connectivity index (χ0) is 0. The van der Waals surface area contributed by atoms with Gasteiger partial charge in [0, 0.05) is 52.7 Å². The zero-order valence-electron chi connectivity index (χ0n) is 3.36. The largest absolute Gasteiger partial charge is 0.412 e.